The molecule has 0 bridgehead atoms. The Balaban J connectivity index is 0.000000367. The number of carbonyl (C=O) groups is 3. The van der Waals surface area contributed by atoms with Crippen molar-refractivity contribution < 1.29 is 23.5 Å². The van der Waals surface area contributed by atoms with Gasteiger partial charge in [-0.2, -0.15) is 0 Å². The average Bonchev–Trinajstić information content (AvgIpc) is 2.40. The van der Waals surface area contributed by atoms with E-state index in [0.717, 1.165) is 0 Å². The summed E-state index contributed by atoms with van der Waals surface area (Å²) >= 11 is 0. The van der Waals surface area contributed by atoms with Gasteiger partial charge in [-0.3, -0.25) is 15.4 Å². The summed E-state index contributed by atoms with van der Waals surface area (Å²) < 4.78 is 16.5. The van der Waals surface area contributed by atoms with Crippen molar-refractivity contribution in [2.45, 2.75) is 20.3 Å². The third-order valence-corrected chi connectivity index (χ3v) is 1.92. The van der Waals surface area contributed by atoms with Gasteiger partial charge in [0, 0.05) is 5.69 Å². The van der Waals surface area contributed by atoms with Crippen LogP contribution >= 0.6 is 0 Å². The van der Waals surface area contributed by atoms with E-state index in [1.807, 2.05) is 0 Å². The Labute approximate surface area is 116 Å². The van der Waals surface area contributed by atoms with Crippen molar-refractivity contribution >= 4 is 23.2 Å². The molecule has 0 saturated heterocycles. The molecule has 0 aliphatic heterocycles. The topological polar surface area (TPSA) is 98.5 Å². The molecular weight excluding hydrogens is 267 g/mol. The van der Waals surface area contributed by atoms with Crippen molar-refractivity contribution in [3.05, 3.63) is 30.1 Å². The number of hydrogen-bond acceptors (Lipinski definition) is 6. The normalized spacial score (nSPS) is 9.00. The number of esters is 1. The van der Waals surface area contributed by atoms with Gasteiger partial charge in [0.2, 0.25) is 5.78 Å². The van der Waals surface area contributed by atoms with E-state index in [4.69, 9.17) is 5.84 Å². The molecule has 0 heterocycles. The van der Waals surface area contributed by atoms with Gasteiger partial charge in [0.1, 0.15) is 11.6 Å². The Morgan fingerprint density at radius 2 is 1.80 bits per heavy atom. The number of ether oxygens (including phenoxy) is 1. The summed E-state index contributed by atoms with van der Waals surface area (Å²) in [4.78, 5) is 31.5. The Kier molecular flexibility index (Phi) is 8.53. The fraction of sp³-hybridized carbons (Fsp3) is 0.308. The van der Waals surface area contributed by atoms with E-state index >= 15 is 0 Å². The maximum absolute atomic E-state index is 12.2. The van der Waals surface area contributed by atoms with Crippen molar-refractivity contribution in [2.75, 3.05) is 12.0 Å². The quantitative estimate of drug-likeness (QED) is 0.277. The first kappa shape index (κ1) is 17.7. The number of nitrogens with two attached hydrogens (primary N) is 1. The van der Waals surface area contributed by atoms with Crippen LogP contribution in [0, 0.1) is 5.82 Å². The highest BCUT2D eigenvalue weighted by Gasteiger charge is 2.15. The highest BCUT2D eigenvalue weighted by molar-refractivity contribution is 6.36. The van der Waals surface area contributed by atoms with Gasteiger partial charge in [-0.15, -0.1) is 0 Å². The number of halogens is 1. The van der Waals surface area contributed by atoms with E-state index in [-0.39, 0.29) is 24.6 Å². The molecular formula is C13H17FN2O4. The number of nitrogens with one attached hydrogen (secondary N) is 1. The molecule has 6 nitrogen and oxygen atoms in total. The minimum Gasteiger partial charge on any atom is -0.460 e. The van der Waals surface area contributed by atoms with E-state index in [2.05, 4.69) is 10.2 Å². The summed E-state index contributed by atoms with van der Waals surface area (Å²) in [7, 11) is 0. The summed E-state index contributed by atoms with van der Waals surface area (Å²) in [5.41, 5.74) is 3.09. The number of hydrazine groups is 1. The number of carbonyl (C=O) groups excluding carboxylic acids is 3. The summed E-state index contributed by atoms with van der Waals surface area (Å²) in [5, 5.41) is 0. The summed E-state index contributed by atoms with van der Waals surface area (Å²) in [5.74, 6) is 2.73. The first-order valence-electron chi connectivity index (χ1n) is 5.82. The Morgan fingerprint density at radius 3 is 2.20 bits per heavy atom. The first-order valence-corrected chi connectivity index (χ1v) is 5.82. The standard InChI is InChI=1S/C7H10O4.C6H7FN2/c1-3-11-7(10)6(9)4-5(2)8;7-5-1-3-6(9-8)4-2-5/h3-4H2,1-2H3;1-4,9H,8H2. The van der Waals surface area contributed by atoms with Gasteiger partial charge < -0.3 is 10.2 Å². The molecule has 3 N–H and O–H groups in total. The number of rotatable bonds is 5. The molecule has 0 aliphatic carbocycles. The molecule has 0 aliphatic rings. The Morgan fingerprint density at radius 1 is 1.25 bits per heavy atom. The predicted molar refractivity (Wildman–Crippen MR) is 71.1 cm³/mol. The van der Waals surface area contributed by atoms with Crippen molar-refractivity contribution in [2.24, 2.45) is 5.84 Å². The van der Waals surface area contributed by atoms with Gasteiger partial charge in [0.25, 0.3) is 0 Å². The van der Waals surface area contributed by atoms with Gasteiger partial charge in [-0.25, -0.2) is 9.18 Å². The highest BCUT2D eigenvalue weighted by atomic mass is 19.1. The molecule has 1 rings (SSSR count). The molecule has 0 unspecified atom stereocenters. The Bertz CT molecular complexity index is 460. The van der Waals surface area contributed by atoms with Gasteiger partial charge in [-0.05, 0) is 38.1 Å². The van der Waals surface area contributed by atoms with E-state index in [0.29, 0.717) is 5.69 Å². The lowest BCUT2D eigenvalue weighted by molar-refractivity contribution is -0.154. The molecule has 0 spiro atoms. The van der Waals surface area contributed by atoms with Crippen LogP contribution in [0.3, 0.4) is 0 Å². The van der Waals surface area contributed by atoms with E-state index in [1.165, 1.54) is 19.1 Å². The number of anilines is 1. The fourth-order valence-corrected chi connectivity index (χ4v) is 1.06. The molecule has 0 aromatic heterocycles. The van der Waals surface area contributed by atoms with Crippen LogP contribution in [0.2, 0.25) is 0 Å². The third kappa shape index (κ3) is 7.93. The van der Waals surface area contributed by atoms with Gasteiger partial charge >= 0.3 is 5.97 Å². The lowest BCUT2D eigenvalue weighted by Gasteiger charge is -1.97. The molecule has 0 amide bonds. The van der Waals surface area contributed by atoms with Crippen LogP contribution in [-0.2, 0) is 19.1 Å². The van der Waals surface area contributed by atoms with E-state index < -0.39 is 11.8 Å². The zero-order chi connectivity index (χ0) is 15.5. The lowest BCUT2D eigenvalue weighted by Crippen LogP contribution is -2.19. The second kappa shape index (κ2) is 9.62. The fourth-order valence-electron chi connectivity index (χ4n) is 1.06. The molecule has 110 valence electrons. The summed E-state index contributed by atoms with van der Waals surface area (Å²) in [6.45, 7) is 3.00. The van der Waals surface area contributed by atoms with Crippen molar-refractivity contribution in [1.82, 2.24) is 0 Å². The zero-order valence-corrected chi connectivity index (χ0v) is 11.3. The number of ketones is 2. The Hall–Kier alpha value is -2.28. The number of nitrogen functional groups attached to an aromatic ring is 1. The second-order valence-corrected chi connectivity index (χ2v) is 3.67. The lowest BCUT2D eigenvalue weighted by atomic mass is 10.2. The molecule has 0 atom stereocenters. The number of Topliss-reactive ketones (excluding diaryl/α,β-unsaturated/α-hetero) is 2. The van der Waals surface area contributed by atoms with Gasteiger partial charge in [0.05, 0.1) is 13.0 Å². The molecule has 7 heteroatoms. The summed E-state index contributed by atoms with van der Waals surface area (Å²) in [6.07, 6.45) is -0.362. The highest BCUT2D eigenvalue weighted by Crippen LogP contribution is 2.05. The van der Waals surface area contributed by atoms with Gasteiger partial charge in [0.15, 0.2) is 0 Å². The van der Waals surface area contributed by atoms with Crippen molar-refractivity contribution in [1.29, 1.82) is 0 Å². The molecule has 1 aromatic rings. The van der Waals surface area contributed by atoms with Crippen molar-refractivity contribution in [3.8, 4) is 0 Å². The van der Waals surface area contributed by atoms with Crippen molar-refractivity contribution in [3.63, 3.8) is 0 Å². The minimum atomic E-state index is -0.928. The minimum absolute atomic E-state index is 0.155. The summed E-state index contributed by atoms with van der Waals surface area (Å²) in [6, 6.07) is 5.81. The predicted octanol–water partition coefficient (Wildman–Crippen LogP) is 1.21. The van der Waals surface area contributed by atoms with Crippen LogP contribution in [0.1, 0.15) is 20.3 Å². The van der Waals surface area contributed by atoms with Gasteiger partial charge in [-0.1, -0.05) is 0 Å². The first-order chi connectivity index (χ1) is 9.40. The van der Waals surface area contributed by atoms with Crippen LogP contribution < -0.4 is 11.3 Å². The van der Waals surface area contributed by atoms with Crippen LogP contribution in [0.15, 0.2) is 24.3 Å². The maximum atomic E-state index is 12.2. The molecule has 1 aromatic carbocycles. The molecule has 0 radical (unpaired) electrons. The maximum Gasteiger partial charge on any atom is 0.375 e. The smallest absolute Gasteiger partial charge is 0.375 e. The van der Waals surface area contributed by atoms with E-state index in [1.54, 1.807) is 19.1 Å². The molecule has 0 saturated carbocycles. The number of benzene rings is 1. The third-order valence-electron chi connectivity index (χ3n) is 1.92. The molecule has 0 fully saturated rings. The average molecular weight is 284 g/mol. The SMILES string of the molecule is CCOC(=O)C(=O)CC(C)=O.NNc1ccc(F)cc1. The monoisotopic (exact) mass is 284 g/mol. The second-order valence-electron chi connectivity index (χ2n) is 3.67. The van der Waals surface area contributed by atoms with Crippen LogP contribution in [0.5, 0.6) is 0 Å². The van der Waals surface area contributed by atoms with Crippen LogP contribution in [-0.4, -0.2) is 24.1 Å². The largest absolute Gasteiger partial charge is 0.460 e. The zero-order valence-electron chi connectivity index (χ0n) is 11.3. The number of hydrogen-bond donors (Lipinski definition) is 2. The van der Waals surface area contributed by atoms with E-state index in [9.17, 15) is 18.8 Å². The van der Waals surface area contributed by atoms with Crippen LogP contribution in [0.4, 0.5) is 10.1 Å². The van der Waals surface area contributed by atoms with Crippen LogP contribution in [0.25, 0.3) is 0 Å². The molecule has 20 heavy (non-hydrogen) atoms.